The van der Waals surface area contributed by atoms with Gasteiger partial charge in [0.1, 0.15) is 6.10 Å². The first kappa shape index (κ1) is 18.8. The summed E-state index contributed by atoms with van der Waals surface area (Å²) >= 11 is 18.0. The van der Waals surface area contributed by atoms with Crippen molar-refractivity contribution in [2.45, 2.75) is 19.1 Å². The first-order valence-corrected chi connectivity index (χ1v) is 8.99. The maximum absolute atomic E-state index is 12.5. The molecule has 4 nitrogen and oxygen atoms in total. The largest absolute Gasteiger partial charge is 0.455 e. The van der Waals surface area contributed by atoms with Gasteiger partial charge in [-0.1, -0.05) is 53.0 Å². The zero-order chi connectivity index (χ0) is 18.5. The van der Waals surface area contributed by atoms with Crippen LogP contribution in [0.25, 0.3) is 0 Å². The van der Waals surface area contributed by atoms with E-state index >= 15 is 0 Å². The third kappa shape index (κ3) is 5.01. The van der Waals surface area contributed by atoms with Crippen LogP contribution in [-0.2, 0) is 22.5 Å². The Morgan fingerprint density at radius 3 is 2.46 bits per heavy atom. The molecule has 0 saturated carbocycles. The fourth-order valence-corrected chi connectivity index (χ4v) is 3.10. The van der Waals surface area contributed by atoms with Crippen LogP contribution in [0.2, 0.25) is 15.1 Å². The van der Waals surface area contributed by atoms with E-state index in [0.29, 0.717) is 27.2 Å². The average Bonchev–Trinajstić information content (AvgIpc) is 3.11. The number of benzene rings is 2. The van der Waals surface area contributed by atoms with E-state index in [1.807, 2.05) is 22.9 Å². The maximum Gasteiger partial charge on any atom is 0.310 e. The Morgan fingerprint density at radius 2 is 1.81 bits per heavy atom. The van der Waals surface area contributed by atoms with Crippen molar-refractivity contribution in [1.82, 2.24) is 9.55 Å². The number of aromatic nitrogens is 2. The van der Waals surface area contributed by atoms with Crippen LogP contribution in [0.15, 0.2) is 61.2 Å². The Hall–Kier alpha value is -2.01. The first-order chi connectivity index (χ1) is 12.5. The third-order valence-corrected chi connectivity index (χ3v) is 4.64. The topological polar surface area (TPSA) is 44.1 Å². The number of hydrogen-bond acceptors (Lipinski definition) is 3. The van der Waals surface area contributed by atoms with Crippen LogP contribution in [-0.4, -0.2) is 15.5 Å². The van der Waals surface area contributed by atoms with E-state index in [1.54, 1.807) is 42.9 Å². The Labute approximate surface area is 166 Å². The summed E-state index contributed by atoms with van der Waals surface area (Å²) in [7, 11) is 0. The minimum Gasteiger partial charge on any atom is -0.455 e. The van der Waals surface area contributed by atoms with Gasteiger partial charge in [-0.2, -0.15) is 0 Å². The zero-order valence-corrected chi connectivity index (χ0v) is 15.9. The minimum atomic E-state index is -0.472. The molecule has 0 N–H and O–H groups in total. The summed E-state index contributed by atoms with van der Waals surface area (Å²) in [4.78, 5) is 16.5. The van der Waals surface area contributed by atoms with Gasteiger partial charge in [0, 0.05) is 27.5 Å². The molecule has 0 fully saturated rings. The molecule has 1 atom stereocenters. The van der Waals surface area contributed by atoms with Gasteiger partial charge in [-0.15, -0.1) is 0 Å². The number of imidazole rings is 1. The smallest absolute Gasteiger partial charge is 0.310 e. The van der Waals surface area contributed by atoms with Crippen molar-refractivity contribution in [1.29, 1.82) is 0 Å². The van der Waals surface area contributed by atoms with Crippen molar-refractivity contribution in [3.63, 3.8) is 0 Å². The van der Waals surface area contributed by atoms with Gasteiger partial charge in [-0.05, 0) is 35.4 Å². The van der Waals surface area contributed by atoms with Crippen molar-refractivity contribution in [2.75, 3.05) is 0 Å². The van der Waals surface area contributed by atoms with Gasteiger partial charge in [0.2, 0.25) is 0 Å². The highest BCUT2D eigenvalue weighted by Gasteiger charge is 2.19. The van der Waals surface area contributed by atoms with Crippen LogP contribution in [0, 0.1) is 0 Å². The Morgan fingerprint density at radius 1 is 1.08 bits per heavy atom. The number of ether oxygens (including phenoxy) is 1. The first-order valence-electron chi connectivity index (χ1n) is 7.86. The molecule has 3 rings (SSSR count). The highest BCUT2D eigenvalue weighted by Crippen LogP contribution is 2.25. The summed E-state index contributed by atoms with van der Waals surface area (Å²) in [5, 5.41) is 1.58. The van der Waals surface area contributed by atoms with Crippen molar-refractivity contribution >= 4 is 40.8 Å². The van der Waals surface area contributed by atoms with Crippen molar-refractivity contribution < 1.29 is 9.53 Å². The second kappa shape index (κ2) is 8.58. The van der Waals surface area contributed by atoms with Crippen molar-refractivity contribution in [3.8, 4) is 0 Å². The molecule has 0 aliphatic heterocycles. The normalized spacial score (nSPS) is 12.0. The molecule has 0 amide bonds. The molecule has 1 unspecified atom stereocenters. The van der Waals surface area contributed by atoms with Crippen molar-refractivity contribution in [3.05, 3.63) is 87.4 Å². The lowest BCUT2D eigenvalue weighted by molar-refractivity contribution is -0.149. The van der Waals surface area contributed by atoms with Crippen LogP contribution in [0.5, 0.6) is 0 Å². The highest BCUT2D eigenvalue weighted by molar-refractivity contribution is 6.35. The monoisotopic (exact) mass is 408 g/mol. The molecule has 0 radical (unpaired) electrons. The average molecular weight is 410 g/mol. The van der Waals surface area contributed by atoms with E-state index in [-0.39, 0.29) is 12.4 Å². The molecule has 7 heteroatoms. The minimum absolute atomic E-state index is 0.0595. The van der Waals surface area contributed by atoms with E-state index in [4.69, 9.17) is 39.5 Å². The number of carbonyl (C=O) groups is 1. The molecular weight excluding hydrogens is 395 g/mol. The molecular formula is C19H15Cl3N2O2. The quantitative estimate of drug-likeness (QED) is 0.514. The number of hydrogen-bond donors (Lipinski definition) is 0. The summed E-state index contributed by atoms with van der Waals surface area (Å²) in [5.74, 6) is -0.380. The van der Waals surface area contributed by atoms with Crippen LogP contribution in [0.3, 0.4) is 0 Å². The molecule has 0 bridgehead atoms. The molecule has 1 heterocycles. The maximum atomic E-state index is 12.5. The number of carbonyl (C=O) groups excluding carboxylic acids is 1. The Balaban J connectivity index is 1.75. The van der Waals surface area contributed by atoms with Crippen LogP contribution in [0.4, 0.5) is 0 Å². The van der Waals surface area contributed by atoms with Gasteiger partial charge >= 0.3 is 5.97 Å². The number of nitrogens with zero attached hydrogens (tertiary/aromatic N) is 2. The fourth-order valence-electron chi connectivity index (χ4n) is 2.50. The van der Waals surface area contributed by atoms with E-state index in [0.717, 1.165) is 5.56 Å². The lowest BCUT2D eigenvalue weighted by Crippen LogP contribution is -2.18. The van der Waals surface area contributed by atoms with Gasteiger partial charge in [0.15, 0.2) is 0 Å². The third-order valence-electron chi connectivity index (χ3n) is 3.80. The summed E-state index contributed by atoms with van der Waals surface area (Å²) in [6.45, 7) is 0.446. The molecule has 134 valence electrons. The SMILES string of the molecule is O=C(Cc1ccc(Cl)cc1Cl)OC(Cn1ccnc1)c1ccc(Cl)cc1. The summed E-state index contributed by atoms with van der Waals surface area (Å²) in [5.41, 5.74) is 1.51. The molecule has 3 aromatic rings. The molecule has 1 aromatic heterocycles. The summed E-state index contributed by atoms with van der Waals surface area (Å²) in [6, 6.07) is 12.2. The van der Waals surface area contributed by atoms with Crippen LogP contribution < -0.4 is 0 Å². The number of halogens is 3. The van der Waals surface area contributed by atoms with Gasteiger partial charge in [0.25, 0.3) is 0 Å². The van der Waals surface area contributed by atoms with Gasteiger partial charge in [0.05, 0.1) is 19.3 Å². The van der Waals surface area contributed by atoms with Gasteiger partial charge in [-0.25, -0.2) is 4.98 Å². The summed E-state index contributed by atoms with van der Waals surface area (Å²) in [6.07, 6.45) is 4.75. The molecule has 0 saturated heterocycles. The lowest BCUT2D eigenvalue weighted by atomic mass is 10.1. The standard InChI is InChI=1S/C19H15Cl3N2O2/c20-15-4-1-13(2-5-15)18(11-24-8-7-23-12-24)26-19(25)9-14-3-6-16(21)10-17(14)22/h1-8,10,12,18H,9,11H2. The second-order valence-electron chi connectivity index (χ2n) is 5.70. The van der Waals surface area contributed by atoms with E-state index in [1.165, 1.54) is 0 Å². The fraction of sp³-hybridized carbons (Fsp3) is 0.158. The second-order valence-corrected chi connectivity index (χ2v) is 6.98. The predicted octanol–water partition coefficient (Wildman–Crippen LogP) is 5.37. The molecule has 2 aromatic carbocycles. The highest BCUT2D eigenvalue weighted by atomic mass is 35.5. The zero-order valence-electron chi connectivity index (χ0n) is 13.6. The van der Waals surface area contributed by atoms with Crippen LogP contribution >= 0.6 is 34.8 Å². The summed E-state index contributed by atoms with van der Waals surface area (Å²) < 4.78 is 7.57. The lowest BCUT2D eigenvalue weighted by Gasteiger charge is -2.19. The number of rotatable bonds is 6. The van der Waals surface area contributed by atoms with Gasteiger partial charge in [-0.3, -0.25) is 4.79 Å². The van der Waals surface area contributed by atoms with Gasteiger partial charge < -0.3 is 9.30 Å². The predicted molar refractivity (Wildman–Crippen MR) is 103 cm³/mol. The van der Waals surface area contributed by atoms with Crippen molar-refractivity contribution in [2.24, 2.45) is 0 Å². The Bertz CT molecular complexity index is 880. The molecule has 0 aliphatic rings. The Kier molecular flexibility index (Phi) is 6.20. The molecule has 0 spiro atoms. The molecule has 26 heavy (non-hydrogen) atoms. The van der Waals surface area contributed by atoms with E-state index in [9.17, 15) is 4.79 Å². The number of esters is 1. The van der Waals surface area contributed by atoms with E-state index < -0.39 is 6.10 Å². The van der Waals surface area contributed by atoms with E-state index in [2.05, 4.69) is 4.98 Å². The molecule has 0 aliphatic carbocycles. The van der Waals surface area contributed by atoms with Crippen LogP contribution in [0.1, 0.15) is 17.2 Å².